The van der Waals surface area contributed by atoms with Crippen LogP contribution in [0.1, 0.15) is 20.8 Å². The number of ether oxygens (including phenoxy) is 1. The van der Waals surface area contributed by atoms with Crippen LogP contribution in [0.2, 0.25) is 0 Å². The van der Waals surface area contributed by atoms with E-state index in [9.17, 15) is 13.2 Å². The molecule has 1 aliphatic rings. The molecule has 6 nitrogen and oxygen atoms in total. The van der Waals surface area contributed by atoms with Gasteiger partial charge >= 0.3 is 5.97 Å². The molecule has 0 unspecified atom stereocenters. The van der Waals surface area contributed by atoms with Crippen LogP contribution in [0.3, 0.4) is 0 Å². The first-order valence-corrected chi connectivity index (χ1v) is 9.76. The van der Waals surface area contributed by atoms with Gasteiger partial charge in [-0.2, -0.15) is 0 Å². The normalized spacial score (nSPS) is 14.8. The summed E-state index contributed by atoms with van der Waals surface area (Å²) in [6.45, 7) is 3.13. The fourth-order valence-electron chi connectivity index (χ4n) is 2.78. The quantitative estimate of drug-likeness (QED) is 0.843. The van der Waals surface area contributed by atoms with Crippen LogP contribution < -0.4 is 9.62 Å². The number of carbonyl (C=O) groups excluding carboxylic acids is 1. The van der Waals surface area contributed by atoms with Crippen LogP contribution in [-0.2, 0) is 21.3 Å². The van der Waals surface area contributed by atoms with E-state index >= 15 is 0 Å². The predicted molar refractivity (Wildman–Crippen MR) is 93.1 cm³/mol. The van der Waals surface area contributed by atoms with Crippen LogP contribution in [0.4, 0.5) is 5.69 Å². The third-order valence-corrected chi connectivity index (χ3v) is 7.11. The third kappa shape index (κ3) is 2.81. The summed E-state index contributed by atoms with van der Waals surface area (Å²) in [6.07, 6.45) is 0. The Balaban J connectivity index is 2.16. The maximum atomic E-state index is 13.3. The molecule has 128 valence electrons. The first kappa shape index (κ1) is 16.9. The smallest absolute Gasteiger partial charge is 0.349 e. The van der Waals surface area contributed by atoms with E-state index in [0.29, 0.717) is 30.9 Å². The number of hydrogen-bond acceptors (Lipinski definition) is 6. The second kappa shape index (κ2) is 6.54. The zero-order valence-corrected chi connectivity index (χ0v) is 15.0. The summed E-state index contributed by atoms with van der Waals surface area (Å²) in [5.74, 6) is -0.632. The average Bonchev–Trinajstić information content (AvgIpc) is 2.83. The molecule has 0 amide bonds. The molecule has 0 saturated carbocycles. The highest BCUT2D eigenvalue weighted by Crippen LogP contribution is 2.34. The molecule has 0 bridgehead atoms. The van der Waals surface area contributed by atoms with Crippen molar-refractivity contribution in [3.05, 3.63) is 45.6 Å². The second-order valence-corrected chi connectivity index (χ2v) is 8.13. The van der Waals surface area contributed by atoms with Crippen molar-refractivity contribution in [2.75, 3.05) is 24.5 Å². The van der Waals surface area contributed by atoms with Crippen LogP contribution in [0, 0.1) is 6.92 Å². The number of benzene rings is 1. The lowest BCUT2D eigenvalue weighted by atomic mass is 10.2. The summed E-state index contributed by atoms with van der Waals surface area (Å²) in [5, 5.41) is 4.89. The van der Waals surface area contributed by atoms with Crippen LogP contribution >= 0.6 is 11.3 Å². The van der Waals surface area contributed by atoms with Gasteiger partial charge in [-0.05, 0) is 29.5 Å². The molecule has 1 aromatic heterocycles. The average molecular weight is 366 g/mol. The molecule has 2 heterocycles. The molecule has 0 spiro atoms. The number of methoxy groups -OCH3 is 1. The Morgan fingerprint density at radius 2 is 2.08 bits per heavy atom. The molecular weight excluding hydrogens is 348 g/mol. The van der Waals surface area contributed by atoms with Crippen LogP contribution in [0.5, 0.6) is 0 Å². The Hall–Kier alpha value is -1.90. The van der Waals surface area contributed by atoms with Gasteiger partial charge in [0.1, 0.15) is 9.77 Å². The number of anilines is 1. The lowest BCUT2D eigenvalue weighted by Crippen LogP contribution is -2.35. The highest BCUT2D eigenvalue weighted by atomic mass is 32.2. The van der Waals surface area contributed by atoms with Crippen LogP contribution in [-0.4, -0.2) is 34.6 Å². The highest BCUT2D eigenvalue weighted by Gasteiger charge is 2.34. The van der Waals surface area contributed by atoms with Crippen molar-refractivity contribution in [1.29, 1.82) is 0 Å². The van der Waals surface area contributed by atoms with Gasteiger partial charge in [0.2, 0.25) is 0 Å². The second-order valence-electron chi connectivity index (χ2n) is 5.45. The zero-order chi connectivity index (χ0) is 17.3. The summed E-state index contributed by atoms with van der Waals surface area (Å²) >= 11 is 1.09. The number of thiophene rings is 1. The summed E-state index contributed by atoms with van der Waals surface area (Å²) < 4.78 is 32.8. The van der Waals surface area contributed by atoms with E-state index in [-0.39, 0.29) is 9.77 Å². The molecule has 8 heteroatoms. The van der Waals surface area contributed by atoms with Crippen LogP contribution in [0.15, 0.2) is 34.5 Å². The van der Waals surface area contributed by atoms with Gasteiger partial charge in [-0.25, -0.2) is 13.2 Å². The van der Waals surface area contributed by atoms with Gasteiger partial charge in [0, 0.05) is 19.6 Å². The van der Waals surface area contributed by atoms with Crippen molar-refractivity contribution in [2.45, 2.75) is 18.4 Å². The summed E-state index contributed by atoms with van der Waals surface area (Å²) in [5.41, 5.74) is 2.10. The molecule has 1 aromatic carbocycles. The maximum absolute atomic E-state index is 13.3. The number of sulfonamides is 1. The van der Waals surface area contributed by atoms with Crippen molar-refractivity contribution in [3.63, 3.8) is 0 Å². The Bertz CT molecular complexity index is 874. The largest absolute Gasteiger partial charge is 0.465 e. The zero-order valence-electron chi connectivity index (χ0n) is 13.4. The number of hydrogen-bond donors (Lipinski definition) is 1. The Labute approximate surface area is 145 Å². The van der Waals surface area contributed by atoms with E-state index in [2.05, 4.69) is 5.32 Å². The standard InChI is InChI=1S/C16H18N2O4S2/c1-11-10-23-14(16(19)22-2)15(11)24(20,21)18-8-7-17-9-12-5-3-4-6-13(12)18/h3-6,10,17H,7-9H2,1-2H3. The molecule has 0 aliphatic carbocycles. The lowest BCUT2D eigenvalue weighted by molar-refractivity contribution is 0.0602. The fourth-order valence-corrected chi connectivity index (χ4v) is 5.94. The molecular formula is C16H18N2O4S2. The summed E-state index contributed by atoms with van der Waals surface area (Å²) in [6, 6.07) is 7.39. The van der Waals surface area contributed by atoms with E-state index in [1.165, 1.54) is 11.4 Å². The van der Waals surface area contributed by atoms with E-state index in [1.54, 1.807) is 18.4 Å². The number of rotatable bonds is 3. The van der Waals surface area contributed by atoms with Crippen molar-refractivity contribution >= 4 is 33.0 Å². The van der Waals surface area contributed by atoms with Crippen molar-refractivity contribution in [2.24, 2.45) is 0 Å². The van der Waals surface area contributed by atoms with Crippen LogP contribution in [0.25, 0.3) is 0 Å². The van der Waals surface area contributed by atoms with E-state index in [0.717, 1.165) is 16.9 Å². The van der Waals surface area contributed by atoms with Gasteiger partial charge in [-0.15, -0.1) is 11.3 Å². The summed E-state index contributed by atoms with van der Waals surface area (Å²) in [4.78, 5) is 12.1. The first-order valence-electron chi connectivity index (χ1n) is 7.44. The molecule has 1 N–H and O–H groups in total. The van der Waals surface area contributed by atoms with Crippen molar-refractivity contribution in [1.82, 2.24) is 5.32 Å². The Morgan fingerprint density at radius 1 is 1.33 bits per heavy atom. The minimum absolute atomic E-state index is 0.0380. The van der Waals surface area contributed by atoms with Gasteiger partial charge in [0.15, 0.2) is 0 Å². The van der Waals surface area contributed by atoms with Gasteiger partial charge < -0.3 is 10.1 Å². The van der Waals surface area contributed by atoms with Gasteiger partial charge in [-0.3, -0.25) is 4.31 Å². The third-order valence-electron chi connectivity index (χ3n) is 3.90. The minimum atomic E-state index is -3.87. The van der Waals surface area contributed by atoms with Gasteiger partial charge in [-0.1, -0.05) is 18.2 Å². The molecule has 0 fully saturated rings. The van der Waals surface area contributed by atoms with E-state index in [1.807, 2.05) is 18.2 Å². The number of aryl methyl sites for hydroxylation is 1. The topological polar surface area (TPSA) is 75.7 Å². The molecule has 0 saturated heterocycles. The number of nitrogens with one attached hydrogen (secondary N) is 1. The van der Waals surface area contributed by atoms with E-state index in [4.69, 9.17) is 4.74 Å². The number of para-hydroxylation sites is 1. The molecule has 0 atom stereocenters. The molecule has 0 radical (unpaired) electrons. The van der Waals surface area contributed by atoms with Crippen molar-refractivity contribution in [3.8, 4) is 0 Å². The Morgan fingerprint density at radius 3 is 2.83 bits per heavy atom. The van der Waals surface area contributed by atoms with Crippen molar-refractivity contribution < 1.29 is 17.9 Å². The predicted octanol–water partition coefficient (Wildman–Crippen LogP) is 2.14. The maximum Gasteiger partial charge on any atom is 0.349 e. The monoisotopic (exact) mass is 366 g/mol. The van der Waals surface area contributed by atoms with Gasteiger partial charge in [0.25, 0.3) is 10.0 Å². The summed E-state index contributed by atoms with van der Waals surface area (Å²) in [7, 11) is -2.62. The lowest BCUT2D eigenvalue weighted by Gasteiger charge is -2.24. The SMILES string of the molecule is COC(=O)c1scc(C)c1S(=O)(=O)N1CCNCc2ccccc21. The number of fused-ring (bicyclic) bond motifs is 1. The van der Waals surface area contributed by atoms with Gasteiger partial charge in [0.05, 0.1) is 12.8 Å². The number of esters is 1. The molecule has 1 aliphatic heterocycles. The number of carbonyl (C=O) groups is 1. The first-order chi connectivity index (χ1) is 11.5. The van der Waals surface area contributed by atoms with E-state index < -0.39 is 16.0 Å². The minimum Gasteiger partial charge on any atom is -0.465 e. The highest BCUT2D eigenvalue weighted by molar-refractivity contribution is 7.93. The molecule has 3 rings (SSSR count). The molecule has 2 aromatic rings. The Kier molecular flexibility index (Phi) is 4.62. The number of nitrogens with zero attached hydrogens (tertiary/aromatic N) is 1. The molecule has 24 heavy (non-hydrogen) atoms. The fraction of sp³-hybridized carbons (Fsp3) is 0.312.